The van der Waals surface area contributed by atoms with E-state index >= 15 is 0 Å². The molecular formula is C59H68ClF6N13O9. The van der Waals surface area contributed by atoms with E-state index in [9.17, 15) is 50.3 Å². The first-order valence-corrected chi connectivity index (χ1v) is 26.8. The number of hydrogen-bond acceptors (Lipinski definition) is 13. The Balaban J connectivity index is 0.00000116. The van der Waals surface area contributed by atoms with Crippen LogP contribution < -0.4 is 49.9 Å². The van der Waals surface area contributed by atoms with E-state index in [0.29, 0.717) is 76.5 Å². The smallest absolute Gasteiger partial charge is 0.475 e. The number of nitrogens with zero attached hydrogens (tertiary/aromatic N) is 3. The highest BCUT2D eigenvalue weighted by atomic mass is 35.5. The number of hydrogen-bond donors (Lipinski definition) is 12. The van der Waals surface area contributed by atoms with E-state index < -0.39 is 35.7 Å². The van der Waals surface area contributed by atoms with Crippen LogP contribution in [-0.4, -0.2) is 108 Å². The molecule has 5 aromatic rings. The number of benzene rings is 5. The molecule has 5 aromatic carbocycles. The minimum absolute atomic E-state index is 0.0270. The van der Waals surface area contributed by atoms with Gasteiger partial charge < -0.3 is 60.1 Å². The summed E-state index contributed by atoms with van der Waals surface area (Å²) in [6.45, 7) is 17.4. The molecule has 0 radical (unpaired) electrons. The summed E-state index contributed by atoms with van der Waals surface area (Å²) in [5, 5.41) is 41.3. The maximum Gasteiger partial charge on any atom is 0.490 e. The maximum absolute atomic E-state index is 12.1. The molecule has 0 saturated carbocycles. The molecule has 88 heavy (non-hydrogen) atoms. The van der Waals surface area contributed by atoms with Crippen molar-refractivity contribution in [3.63, 3.8) is 0 Å². The zero-order chi connectivity index (χ0) is 66.7. The highest BCUT2D eigenvalue weighted by Gasteiger charge is 2.39. The summed E-state index contributed by atoms with van der Waals surface area (Å²) in [4.78, 5) is 82.8. The Morgan fingerprint density at radius 2 is 0.761 bits per heavy atom. The molecule has 0 aliphatic rings. The van der Waals surface area contributed by atoms with Crippen LogP contribution in [0.25, 0.3) is 9.69 Å². The lowest BCUT2D eigenvalue weighted by Gasteiger charge is -2.08. The van der Waals surface area contributed by atoms with Gasteiger partial charge >= 0.3 is 24.3 Å². The van der Waals surface area contributed by atoms with E-state index in [4.69, 9.17) is 83.9 Å². The second-order valence-corrected chi connectivity index (χ2v) is 18.2. The summed E-state index contributed by atoms with van der Waals surface area (Å²) < 4.78 is 63.5. The molecule has 0 spiro atoms. The minimum atomic E-state index is -5.08. The molecule has 0 atom stereocenters. The van der Waals surface area contributed by atoms with Crippen molar-refractivity contribution in [1.82, 2.24) is 21.3 Å². The predicted octanol–water partition coefficient (Wildman–Crippen LogP) is 8.61. The van der Waals surface area contributed by atoms with Gasteiger partial charge in [-0.2, -0.15) is 31.6 Å². The quantitative estimate of drug-likeness (QED) is 0.00554. The van der Waals surface area contributed by atoms with Gasteiger partial charge in [-0.1, -0.05) is 79.2 Å². The molecular weight excluding hydrogens is 1180 g/mol. The van der Waals surface area contributed by atoms with Crippen LogP contribution in [0.2, 0.25) is 0 Å². The molecule has 29 heteroatoms. The molecule has 0 bridgehead atoms. The fourth-order valence-corrected chi connectivity index (χ4v) is 6.37. The van der Waals surface area contributed by atoms with Crippen molar-refractivity contribution in [2.75, 3.05) is 39.3 Å². The lowest BCUT2D eigenvalue weighted by Crippen LogP contribution is -2.26. The first-order chi connectivity index (χ1) is 41.6. The Morgan fingerprint density at radius 3 is 1.01 bits per heavy atom. The number of carbonyl (C=O) groups is 7. The molecule has 5 rings (SSSR count). The number of rotatable bonds is 23. The van der Waals surface area contributed by atoms with Crippen LogP contribution in [0.1, 0.15) is 132 Å². The average molecular weight is 1250 g/mol. The number of carboxylic acids is 2. The number of nitrogen functional groups attached to an aromatic ring is 1. The van der Waals surface area contributed by atoms with Crippen LogP contribution in [0.5, 0.6) is 0 Å². The molecule has 4 amide bonds. The summed E-state index contributed by atoms with van der Waals surface area (Å²) >= 11 is 5.18. The molecule has 0 heterocycles. The number of carbonyl (C=O) groups excluding carboxylic acids is 5. The molecule has 0 fully saturated rings. The highest BCUT2D eigenvalue weighted by Crippen LogP contribution is 2.16. The minimum Gasteiger partial charge on any atom is -0.475 e. The molecule has 0 aromatic heterocycles. The van der Waals surface area contributed by atoms with Gasteiger partial charge in [-0.15, -0.1) is 0 Å². The van der Waals surface area contributed by atoms with Gasteiger partial charge in [0.2, 0.25) is 0 Å². The number of aliphatic carboxylic acids is 2. The second-order valence-electron chi connectivity index (χ2n) is 17.8. The Kier molecular flexibility index (Phi) is 38.9. The largest absolute Gasteiger partial charge is 0.490 e. The standard InChI is InChI=1S/C21H28N6O2.C21H20N4O2.C8H4ClNO.C5H14N2.2C2HF3O2/c22-18(23)14-4-8-16(9-5-14)20(28)26-12-2-1-3-13-27-21(29)17-10-6-15(7-11-17)19(24)25;1-23-19-11-9-18(10-12-19)21(27)25-14-4-2-3-13-24-20(26)17-7-5-16(15-22)6-8-17;1-10-7-4-2-6(3-5-7)8(9)11;6-4-2-1-3-5-7;2*3-2(4,5)1(6)7/h4-11,18H,1-3,12-13,22-23H2,(H3,24,25)(H,26,28)(H,27,29);5-12H,2-4,13-14H2,(H,24,26)(H,25,27);2-5H;1-7H2;2*(H,6,7). The van der Waals surface area contributed by atoms with Gasteiger partial charge in [0.05, 0.1) is 30.9 Å². The molecule has 472 valence electrons. The van der Waals surface area contributed by atoms with Crippen molar-refractivity contribution in [1.29, 1.82) is 10.7 Å². The van der Waals surface area contributed by atoms with Crippen LogP contribution in [0.4, 0.5) is 37.7 Å². The normalized spacial score (nSPS) is 10.1. The Hall–Kier alpha value is -9.76. The van der Waals surface area contributed by atoms with E-state index in [0.717, 1.165) is 70.0 Å². The Morgan fingerprint density at radius 1 is 0.500 bits per heavy atom. The topological polar surface area (TPSA) is 395 Å². The zero-order valence-electron chi connectivity index (χ0n) is 47.4. The van der Waals surface area contributed by atoms with E-state index in [1.54, 1.807) is 109 Å². The van der Waals surface area contributed by atoms with Gasteiger partial charge in [-0.25, -0.2) is 19.3 Å². The molecule has 0 unspecified atom stereocenters. The first-order valence-electron chi connectivity index (χ1n) is 26.4. The van der Waals surface area contributed by atoms with Gasteiger partial charge in [0, 0.05) is 59.6 Å². The van der Waals surface area contributed by atoms with Crippen LogP contribution in [0, 0.1) is 29.9 Å². The first kappa shape index (κ1) is 78.2. The van der Waals surface area contributed by atoms with E-state index in [-0.39, 0.29) is 29.5 Å². The number of amides is 4. The zero-order valence-corrected chi connectivity index (χ0v) is 48.1. The lowest BCUT2D eigenvalue weighted by atomic mass is 10.1. The van der Waals surface area contributed by atoms with Gasteiger partial charge in [0.15, 0.2) is 11.4 Å². The van der Waals surface area contributed by atoms with Gasteiger partial charge in [0.1, 0.15) is 5.84 Å². The molecule has 22 nitrogen and oxygen atoms in total. The summed E-state index contributed by atoms with van der Waals surface area (Å²) in [5.41, 5.74) is 32.5. The van der Waals surface area contributed by atoms with Crippen molar-refractivity contribution in [3.8, 4) is 6.07 Å². The number of halogens is 7. The van der Waals surface area contributed by atoms with Gasteiger partial charge in [-0.05, 0) is 130 Å². The number of nitrogens with one attached hydrogen (secondary N) is 5. The molecule has 0 aliphatic heterocycles. The van der Waals surface area contributed by atoms with E-state index in [1.807, 2.05) is 6.07 Å². The van der Waals surface area contributed by atoms with E-state index in [2.05, 4.69) is 31.0 Å². The summed E-state index contributed by atoms with van der Waals surface area (Å²) in [6, 6.07) is 34.7. The molecule has 0 aliphatic carbocycles. The average Bonchev–Trinajstić information content (AvgIpc) is 3.53. The number of amidine groups is 1. The number of alkyl halides is 6. The van der Waals surface area contributed by atoms with Crippen molar-refractivity contribution in [2.45, 2.75) is 76.3 Å². The third kappa shape index (κ3) is 35.5. The van der Waals surface area contributed by atoms with Crippen molar-refractivity contribution in [2.24, 2.45) is 28.7 Å². The third-order valence-corrected chi connectivity index (χ3v) is 11.2. The predicted molar refractivity (Wildman–Crippen MR) is 318 cm³/mol. The number of unbranched alkanes of at least 4 members (excludes halogenated alkanes) is 6. The van der Waals surface area contributed by atoms with Crippen molar-refractivity contribution in [3.05, 3.63) is 189 Å². The van der Waals surface area contributed by atoms with Crippen LogP contribution >= 0.6 is 11.6 Å². The summed E-state index contributed by atoms with van der Waals surface area (Å²) in [6.07, 6.45) is -2.25. The Bertz CT molecular complexity index is 3000. The van der Waals surface area contributed by atoms with Crippen molar-refractivity contribution >= 4 is 69.6 Å². The fourth-order valence-electron chi connectivity index (χ4n) is 6.24. The SMILES string of the molecule is N=C(N)c1ccc(C(=O)NCCCCCNC(=O)c2ccc(C(N)N)cc2)cc1.NCCCCCN.O=C(O)C(F)(F)F.O=C(O)C(F)(F)F.[C-]#[N+]c1ccc(C(=O)Cl)cc1.[C-]#[N+]c1ccc(C(=O)NCCCCCNC(=O)c2ccc(C#N)cc2)cc1. The maximum atomic E-state index is 12.1. The van der Waals surface area contributed by atoms with Crippen LogP contribution in [0.15, 0.2) is 121 Å². The van der Waals surface area contributed by atoms with Crippen molar-refractivity contribution < 1.29 is 70.1 Å². The Labute approximate surface area is 508 Å². The van der Waals surface area contributed by atoms with Crippen LogP contribution in [0.3, 0.4) is 0 Å². The number of nitrogens with two attached hydrogens (primary N) is 5. The molecule has 17 N–H and O–H groups in total. The highest BCUT2D eigenvalue weighted by molar-refractivity contribution is 6.67. The summed E-state index contributed by atoms with van der Waals surface area (Å²) in [7, 11) is 0. The van der Waals surface area contributed by atoms with Crippen LogP contribution in [-0.2, 0) is 9.59 Å². The van der Waals surface area contributed by atoms with E-state index in [1.165, 1.54) is 18.6 Å². The summed E-state index contributed by atoms with van der Waals surface area (Å²) in [5.74, 6) is -6.14. The number of nitriles is 1. The third-order valence-electron chi connectivity index (χ3n) is 11.0. The second kappa shape index (κ2) is 43.8. The fraction of sp³-hybridized carbons (Fsp3) is 0.305. The monoisotopic (exact) mass is 1250 g/mol. The van der Waals surface area contributed by atoms with Gasteiger partial charge in [-0.3, -0.25) is 29.4 Å². The lowest BCUT2D eigenvalue weighted by molar-refractivity contribution is -0.193. The number of carboxylic acid groups (broad SMARTS) is 2. The molecule has 0 saturated heterocycles. The van der Waals surface area contributed by atoms with Gasteiger partial charge in [0.25, 0.3) is 28.9 Å².